The molecular weight excluding hydrogens is 230 g/mol. The Morgan fingerprint density at radius 1 is 1.06 bits per heavy atom. The number of hydrogen-bond donors (Lipinski definition) is 1. The van der Waals surface area contributed by atoms with Crippen molar-refractivity contribution in [2.45, 2.75) is 52.0 Å². The molecule has 1 aromatic rings. The van der Waals surface area contributed by atoms with Crippen LogP contribution in [0.3, 0.4) is 0 Å². The number of halogens is 1. The second-order valence-electron chi connectivity index (χ2n) is 4.64. The Morgan fingerprint density at radius 3 is 2.35 bits per heavy atom. The molecule has 96 valence electrons. The molecule has 1 nitrogen and oxygen atoms in total. The Labute approximate surface area is 111 Å². The lowest BCUT2D eigenvalue weighted by Crippen LogP contribution is -2.19. The maximum absolute atomic E-state index is 5.87. The maximum atomic E-state index is 5.87. The van der Waals surface area contributed by atoms with Gasteiger partial charge in [0, 0.05) is 11.1 Å². The molecule has 0 radical (unpaired) electrons. The van der Waals surface area contributed by atoms with E-state index in [0.717, 1.165) is 11.6 Å². The highest BCUT2D eigenvalue weighted by Crippen LogP contribution is 2.16. The van der Waals surface area contributed by atoms with E-state index in [2.05, 4.69) is 31.3 Å². The first kappa shape index (κ1) is 14.5. The third kappa shape index (κ3) is 6.09. The lowest BCUT2D eigenvalue weighted by Gasteiger charge is -2.14. The SMILES string of the molecule is CCCCCCCNC(C)c1ccc(Cl)cc1. The van der Waals surface area contributed by atoms with E-state index in [1.807, 2.05) is 12.1 Å². The summed E-state index contributed by atoms with van der Waals surface area (Å²) in [7, 11) is 0. The van der Waals surface area contributed by atoms with Crippen LogP contribution in [0.2, 0.25) is 5.02 Å². The monoisotopic (exact) mass is 253 g/mol. The summed E-state index contributed by atoms with van der Waals surface area (Å²) >= 11 is 5.87. The molecule has 0 aliphatic heterocycles. The van der Waals surface area contributed by atoms with E-state index in [9.17, 15) is 0 Å². The fourth-order valence-electron chi connectivity index (χ4n) is 1.92. The van der Waals surface area contributed by atoms with Gasteiger partial charge in [0.15, 0.2) is 0 Å². The fourth-order valence-corrected chi connectivity index (χ4v) is 2.04. The Hall–Kier alpha value is -0.530. The molecule has 2 heteroatoms. The van der Waals surface area contributed by atoms with Gasteiger partial charge in [-0.05, 0) is 37.6 Å². The average Bonchev–Trinajstić information content (AvgIpc) is 2.34. The number of rotatable bonds is 8. The van der Waals surface area contributed by atoms with Crippen molar-refractivity contribution in [3.63, 3.8) is 0 Å². The molecule has 0 saturated heterocycles. The van der Waals surface area contributed by atoms with Crippen LogP contribution in [0, 0.1) is 0 Å². The highest BCUT2D eigenvalue weighted by Gasteiger charge is 2.03. The van der Waals surface area contributed by atoms with Gasteiger partial charge in [0.05, 0.1) is 0 Å². The van der Waals surface area contributed by atoms with Crippen molar-refractivity contribution in [2.75, 3.05) is 6.54 Å². The minimum atomic E-state index is 0.415. The normalized spacial score (nSPS) is 12.6. The number of nitrogens with one attached hydrogen (secondary N) is 1. The van der Waals surface area contributed by atoms with Crippen LogP contribution in [0.15, 0.2) is 24.3 Å². The molecule has 0 heterocycles. The van der Waals surface area contributed by atoms with Crippen molar-refractivity contribution in [3.8, 4) is 0 Å². The summed E-state index contributed by atoms with van der Waals surface area (Å²) in [5.41, 5.74) is 1.31. The summed E-state index contributed by atoms with van der Waals surface area (Å²) in [5, 5.41) is 4.36. The summed E-state index contributed by atoms with van der Waals surface area (Å²) in [6, 6.07) is 8.51. The van der Waals surface area contributed by atoms with Crippen LogP contribution >= 0.6 is 11.6 Å². The van der Waals surface area contributed by atoms with Gasteiger partial charge in [-0.2, -0.15) is 0 Å². The van der Waals surface area contributed by atoms with E-state index >= 15 is 0 Å². The van der Waals surface area contributed by atoms with Gasteiger partial charge in [0.25, 0.3) is 0 Å². The largest absolute Gasteiger partial charge is 0.310 e. The maximum Gasteiger partial charge on any atom is 0.0406 e. The van der Waals surface area contributed by atoms with E-state index in [4.69, 9.17) is 11.6 Å². The molecule has 1 aromatic carbocycles. The predicted octanol–water partition coefficient (Wildman–Crippen LogP) is 4.96. The molecule has 0 fully saturated rings. The summed E-state index contributed by atoms with van der Waals surface area (Å²) in [6.07, 6.45) is 6.67. The van der Waals surface area contributed by atoms with Crippen LogP contribution in [0.1, 0.15) is 57.6 Å². The van der Waals surface area contributed by atoms with Gasteiger partial charge in [-0.1, -0.05) is 56.3 Å². The molecule has 0 aliphatic rings. The van der Waals surface area contributed by atoms with E-state index in [0.29, 0.717) is 6.04 Å². The van der Waals surface area contributed by atoms with Crippen LogP contribution in [-0.2, 0) is 0 Å². The summed E-state index contributed by atoms with van der Waals surface area (Å²) in [4.78, 5) is 0. The van der Waals surface area contributed by atoms with Gasteiger partial charge >= 0.3 is 0 Å². The second-order valence-corrected chi connectivity index (χ2v) is 5.08. The second kappa shape index (κ2) is 8.54. The molecule has 0 aromatic heterocycles. The lowest BCUT2D eigenvalue weighted by atomic mass is 10.1. The molecule has 0 saturated carbocycles. The van der Waals surface area contributed by atoms with Crippen molar-refractivity contribution < 1.29 is 0 Å². The first-order valence-electron chi connectivity index (χ1n) is 6.73. The molecule has 1 N–H and O–H groups in total. The molecule has 17 heavy (non-hydrogen) atoms. The van der Waals surface area contributed by atoms with Gasteiger partial charge in [-0.15, -0.1) is 0 Å². The molecule has 0 amide bonds. The van der Waals surface area contributed by atoms with Crippen molar-refractivity contribution in [1.29, 1.82) is 0 Å². The molecular formula is C15H24ClN. The molecule has 0 spiro atoms. The molecule has 0 aliphatic carbocycles. The number of unbranched alkanes of at least 4 members (excludes halogenated alkanes) is 4. The van der Waals surface area contributed by atoms with Crippen LogP contribution in [0.4, 0.5) is 0 Å². The van der Waals surface area contributed by atoms with Crippen LogP contribution in [0.25, 0.3) is 0 Å². The van der Waals surface area contributed by atoms with Gasteiger partial charge in [-0.3, -0.25) is 0 Å². The smallest absolute Gasteiger partial charge is 0.0406 e. The zero-order valence-electron chi connectivity index (χ0n) is 11.0. The average molecular weight is 254 g/mol. The van der Waals surface area contributed by atoms with Gasteiger partial charge in [0.2, 0.25) is 0 Å². The highest BCUT2D eigenvalue weighted by atomic mass is 35.5. The first-order valence-corrected chi connectivity index (χ1v) is 7.10. The van der Waals surface area contributed by atoms with E-state index in [1.54, 1.807) is 0 Å². The molecule has 1 unspecified atom stereocenters. The Bertz CT molecular complexity index is 294. The Morgan fingerprint density at radius 2 is 1.71 bits per heavy atom. The number of hydrogen-bond acceptors (Lipinski definition) is 1. The minimum absolute atomic E-state index is 0.415. The zero-order valence-corrected chi connectivity index (χ0v) is 11.8. The van der Waals surface area contributed by atoms with Crippen molar-refractivity contribution >= 4 is 11.6 Å². The Balaban J connectivity index is 2.16. The third-order valence-electron chi connectivity index (χ3n) is 3.10. The summed E-state index contributed by atoms with van der Waals surface area (Å²) in [5.74, 6) is 0. The van der Waals surface area contributed by atoms with Crippen LogP contribution in [0.5, 0.6) is 0 Å². The molecule has 0 bridgehead atoms. The predicted molar refractivity (Wildman–Crippen MR) is 76.6 cm³/mol. The van der Waals surface area contributed by atoms with E-state index < -0.39 is 0 Å². The first-order chi connectivity index (χ1) is 8.24. The third-order valence-corrected chi connectivity index (χ3v) is 3.35. The van der Waals surface area contributed by atoms with Crippen molar-refractivity contribution in [1.82, 2.24) is 5.32 Å². The van der Waals surface area contributed by atoms with Crippen LogP contribution < -0.4 is 5.32 Å². The minimum Gasteiger partial charge on any atom is -0.310 e. The topological polar surface area (TPSA) is 12.0 Å². The van der Waals surface area contributed by atoms with Crippen LogP contribution in [-0.4, -0.2) is 6.54 Å². The Kier molecular flexibility index (Phi) is 7.30. The molecule has 1 atom stereocenters. The van der Waals surface area contributed by atoms with Crippen molar-refractivity contribution in [2.24, 2.45) is 0 Å². The van der Waals surface area contributed by atoms with Crippen molar-refractivity contribution in [3.05, 3.63) is 34.9 Å². The molecule has 1 rings (SSSR count). The fraction of sp³-hybridized carbons (Fsp3) is 0.600. The standard InChI is InChI=1S/C15H24ClN/c1-3-4-5-6-7-12-17-13(2)14-8-10-15(16)11-9-14/h8-11,13,17H,3-7,12H2,1-2H3. The lowest BCUT2D eigenvalue weighted by molar-refractivity contribution is 0.531. The van der Waals surface area contributed by atoms with E-state index in [-0.39, 0.29) is 0 Å². The van der Waals surface area contributed by atoms with E-state index in [1.165, 1.54) is 37.7 Å². The zero-order chi connectivity index (χ0) is 12.5. The summed E-state index contributed by atoms with van der Waals surface area (Å²) in [6.45, 7) is 5.56. The quantitative estimate of drug-likeness (QED) is 0.646. The number of benzene rings is 1. The summed E-state index contributed by atoms with van der Waals surface area (Å²) < 4.78 is 0. The van der Waals surface area contributed by atoms with Gasteiger partial charge < -0.3 is 5.32 Å². The van der Waals surface area contributed by atoms with Gasteiger partial charge in [0.1, 0.15) is 0 Å². The highest BCUT2D eigenvalue weighted by molar-refractivity contribution is 6.30. The van der Waals surface area contributed by atoms with Gasteiger partial charge in [-0.25, -0.2) is 0 Å².